The molecule has 2 saturated heterocycles. The lowest BCUT2D eigenvalue weighted by Crippen LogP contribution is -2.35. The van der Waals surface area contributed by atoms with E-state index >= 15 is 0 Å². The average Bonchev–Trinajstić information content (AvgIpc) is 3.83. The van der Waals surface area contributed by atoms with Gasteiger partial charge in [0.2, 0.25) is 0 Å². The van der Waals surface area contributed by atoms with Crippen LogP contribution in [-0.2, 0) is 36.6 Å². The first-order valence-corrected chi connectivity index (χ1v) is 18.1. The Morgan fingerprint density at radius 3 is 1.87 bits per heavy atom. The first-order valence-electron chi connectivity index (χ1n) is 14.4. The zero-order valence-corrected chi connectivity index (χ0v) is 28.2. The molecule has 17 heteroatoms. The van der Waals surface area contributed by atoms with Gasteiger partial charge in [-0.1, -0.05) is 0 Å². The van der Waals surface area contributed by atoms with Gasteiger partial charge in [-0.2, -0.15) is 0 Å². The van der Waals surface area contributed by atoms with Crippen molar-refractivity contribution >= 4 is 47.3 Å². The standard InChI is InChI=1S/C18H20N4O4S.C11H12BrN3O3S/c1-12-7-14(9-21(2)18(12)23)13-3-4-16-19-8-17(22(16)10-13)27(24,25)20-15-5-6-26-11-15;12-8-1-2-10-13-5-11(15(10)6-8)19(16,17)14-9-3-4-18-7-9/h3-4,7-10,15,20H,5-6,11H2,1-2H3;1-2,5-6,9,14H,3-4,7H2. The van der Waals surface area contributed by atoms with Gasteiger partial charge in [-0.25, -0.2) is 36.2 Å². The Labute approximate surface area is 273 Å². The number of aromatic nitrogens is 5. The van der Waals surface area contributed by atoms with Crippen LogP contribution in [0.25, 0.3) is 22.4 Å². The second-order valence-corrected chi connectivity index (χ2v) is 15.3. The Hall–Kier alpha value is -3.45. The molecule has 14 nitrogen and oxygen atoms in total. The molecule has 0 aromatic carbocycles. The summed E-state index contributed by atoms with van der Waals surface area (Å²) in [5.41, 5.74) is 3.30. The summed E-state index contributed by atoms with van der Waals surface area (Å²) in [6.07, 6.45) is 9.19. The molecule has 0 aliphatic carbocycles. The predicted octanol–water partition coefficient (Wildman–Crippen LogP) is 2.24. The number of hydrogen-bond donors (Lipinski definition) is 2. The lowest BCUT2D eigenvalue weighted by molar-refractivity contribution is 0.192. The molecule has 7 rings (SSSR count). The van der Waals surface area contributed by atoms with E-state index in [9.17, 15) is 21.6 Å². The molecule has 0 saturated carbocycles. The fourth-order valence-corrected chi connectivity index (χ4v) is 8.33. The number of hydrogen-bond acceptors (Lipinski definition) is 9. The zero-order chi connectivity index (χ0) is 32.6. The van der Waals surface area contributed by atoms with Crippen molar-refractivity contribution in [3.8, 4) is 11.1 Å². The van der Waals surface area contributed by atoms with Gasteiger partial charge in [0, 0.05) is 61.0 Å². The van der Waals surface area contributed by atoms with E-state index in [4.69, 9.17) is 9.47 Å². The molecule has 0 spiro atoms. The van der Waals surface area contributed by atoms with Gasteiger partial charge >= 0.3 is 0 Å². The van der Waals surface area contributed by atoms with Crippen LogP contribution in [0.15, 0.2) is 80.6 Å². The van der Waals surface area contributed by atoms with Gasteiger partial charge < -0.3 is 14.0 Å². The first-order chi connectivity index (χ1) is 21.9. The topological polar surface area (TPSA) is 167 Å². The number of pyridine rings is 3. The van der Waals surface area contributed by atoms with Gasteiger partial charge in [-0.05, 0) is 77.2 Å². The number of rotatable bonds is 7. The molecule has 5 aromatic rings. The molecule has 0 radical (unpaired) electrons. The normalized spacial score (nSPS) is 18.7. The van der Waals surface area contributed by atoms with Crippen LogP contribution < -0.4 is 15.0 Å². The Bertz CT molecular complexity index is 2160. The van der Waals surface area contributed by atoms with Crippen LogP contribution in [0, 0.1) is 6.92 Å². The monoisotopic (exact) mass is 733 g/mol. The molecule has 7 heterocycles. The summed E-state index contributed by atoms with van der Waals surface area (Å²) in [6.45, 7) is 3.69. The SMILES string of the molecule is Cc1cc(-c2ccc3ncc(S(=O)(=O)NC4CCOC4)n3c2)cn(C)c1=O.O=S(=O)(NC1CCOC1)c1cnc2ccc(Br)cn12. The molecule has 2 aliphatic heterocycles. The highest BCUT2D eigenvalue weighted by Gasteiger charge is 2.27. The van der Waals surface area contributed by atoms with Crippen molar-refractivity contribution in [2.24, 2.45) is 7.05 Å². The minimum Gasteiger partial charge on any atom is -0.380 e. The molecule has 0 bridgehead atoms. The molecule has 2 fully saturated rings. The second-order valence-electron chi connectivity index (χ2n) is 11.1. The van der Waals surface area contributed by atoms with E-state index in [1.807, 2.05) is 12.1 Å². The van der Waals surface area contributed by atoms with Crippen molar-refractivity contribution in [1.82, 2.24) is 32.8 Å². The fourth-order valence-electron chi connectivity index (χ4n) is 5.31. The summed E-state index contributed by atoms with van der Waals surface area (Å²) in [4.78, 5) is 20.2. The van der Waals surface area contributed by atoms with Crippen LogP contribution in [0.4, 0.5) is 0 Å². The first kappa shape index (κ1) is 32.5. The summed E-state index contributed by atoms with van der Waals surface area (Å²) >= 11 is 3.32. The van der Waals surface area contributed by atoms with Gasteiger partial charge in [0.1, 0.15) is 11.3 Å². The van der Waals surface area contributed by atoms with Crippen LogP contribution in [0.2, 0.25) is 0 Å². The highest BCUT2D eigenvalue weighted by Crippen LogP contribution is 2.23. The Morgan fingerprint density at radius 2 is 1.35 bits per heavy atom. The predicted molar refractivity (Wildman–Crippen MR) is 173 cm³/mol. The molecular weight excluding hydrogens is 702 g/mol. The molecule has 2 atom stereocenters. The van der Waals surface area contributed by atoms with Crippen LogP contribution in [0.1, 0.15) is 18.4 Å². The van der Waals surface area contributed by atoms with Crippen molar-refractivity contribution < 1.29 is 26.3 Å². The molecule has 0 amide bonds. The lowest BCUT2D eigenvalue weighted by Gasteiger charge is -2.12. The summed E-state index contributed by atoms with van der Waals surface area (Å²) in [5.74, 6) is 0. The van der Waals surface area contributed by atoms with Gasteiger partial charge in [0.25, 0.3) is 25.6 Å². The minimum atomic E-state index is -3.73. The van der Waals surface area contributed by atoms with E-state index in [-0.39, 0.29) is 27.7 Å². The van der Waals surface area contributed by atoms with E-state index in [0.29, 0.717) is 56.1 Å². The number of imidazole rings is 2. The van der Waals surface area contributed by atoms with Crippen molar-refractivity contribution in [3.63, 3.8) is 0 Å². The number of nitrogens with zero attached hydrogens (tertiary/aromatic N) is 5. The average molecular weight is 735 g/mol. The summed E-state index contributed by atoms with van der Waals surface area (Å²) in [5, 5.41) is 0.212. The molecule has 2 N–H and O–H groups in total. The van der Waals surface area contributed by atoms with E-state index in [0.717, 1.165) is 15.6 Å². The van der Waals surface area contributed by atoms with Gasteiger partial charge in [0.05, 0.1) is 25.6 Å². The summed E-state index contributed by atoms with van der Waals surface area (Å²) < 4.78 is 71.4. The maximum atomic E-state index is 12.8. The maximum Gasteiger partial charge on any atom is 0.258 e. The van der Waals surface area contributed by atoms with Crippen molar-refractivity contribution in [2.45, 2.75) is 41.9 Å². The quantitative estimate of drug-likeness (QED) is 0.255. The van der Waals surface area contributed by atoms with Crippen molar-refractivity contribution in [1.29, 1.82) is 0 Å². The molecule has 244 valence electrons. The number of aryl methyl sites for hydroxylation is 2. The Morgan fingerprint density at radius 1 is 0.804 bits per heavy atom. The van der Waals surface area contributed by atoms with Crippen LogP contribution in [0.5, 0.6) is 0 Å². The number of sulfonamides is 2. The van der Waals surface area contributed by atoms with E-state index in [1.165, 1.54) is 17.0 Å². The highest BCUT2D eigenvalue weighted by molar-refractivity contribution is 9.10. The minimum absolute atomic E-state index is 0.0614. The van der Waals surface area contributed by atoms with Gasteiger partial charge in [0.15, 0.2) is 10.1 Å². The van der Waals surface area contributed by atoms with Crippen LogP contribution in [0.3, 0.4) is 0 Å². The van der Waals surface area contributed by atoms with E-state index in [2.05, 4.69) is 35.3 Å². The van der Waals surface area contributed by atoms with Gasteiger partial charge in [-0.3, -0.25) is 13.6 Å². The molecule has 46 heavy (non-hydrogen) atoms. The Kier molecular flexibility index (Phi) is 9.17. The zero-order valence-electron chi connectivity index (χ0n) is 25.0. The smallest absolute Gasteiger partial charge is 0.258 e. The van der Waals surface area contributed by atoms with E-state index in [1.54, 1.807) is 59.6 Å². The maximum absolute atomic E-state index is 12.8. The lowest BCUT2D eigenvalue weighted by atomic mass is 10.1. The second kappa shape index (κ2) is 13.0. The molecule has 5 aromatic heterocycles. The molecule has 2 aliphatic rings. The highest BCUT2D eigenvalue weighted by atomic mass is 79.9. The fraction of sp³-hybridized carbons (Fsp3) is 0.345. The molecular formula is C29H32BrN7O7S2. The molecule has 2 unspecified atom stereocenters. The number of ether oxygens (including phenoxy) is 2. The number of nitrogens with one attached hydrogen (secondary N) is 2. The van der Waals surface area contributed by atoms with E-state index < -0.39 is 20.0 Å². The van der Waals surface area contributed by atoms with Crippen molar-refractivity contribution in [3.05, 3.63) is 81.7 Å². The largest absolute Gasteiger partial charge is 0.380 e. The third kappa shape index (κ3) is 6.80. The third-order valence-electron chi connectivity index (χ3n) is 7.66. The Balaban J connectivity index is 0.000000172. The number of fused-ring (bicyclic) bond motifs is 2. The van der Waals surface area contributed by atoms with Gasteiger partial charge in [-0.15, -0.1) is 0 Å². The summed E-state index contributed by atoms with van der Waals surface area (Å²) in [7, 11) is -5.64. The summed E-state index contributed by atoms with van der Waals surface area (Å²) in [6, 6.07) is 8.59. The van der Waals surface area contributed by atoms with Crippen molar-refractivity contribution in [2.75, 3.05) is 26.4 Å². The van der Waals surface area contributed by atoms with Crippen LogP contribution >= 0.6 is 15.9 Å². The number of halogens is 1. The third-order valence-corrected chi connectivity index (χ3v) is 11.1. The van der Waals surface area contributed by atoms with Crippen LogP contribution in [-0.4, -0.2) is 78.7 Å².